The number of benzene rings is 2. The van der Waals surface area contributed by atoms with Crippen LogP contribution in [0.5, 0.6) is 0 Å². The van der Waals surface area contributed by atoms with Crippen molar-refractivity contribution >= 4 is 44.0 Å². The molecule has 3 aliphatic carbocycles. The summed E-state index contributed by atoms with van der Waals surface area (Å²) in [5.74, 6) is -5.48. The number of hydrogen-bond donors (Lipinski definition) is 4. The van der Waals surface area contributed by atoms with Crippen LogP contribution >= 0.6 is 0 Å². The number of hydrogen-bond acceptors (Lipinski definition) is 13. The maximum atomic E-state index is 15.2. The third kappa shape index (κ3) is 6.53. The van der Waals surface area contributed by atoms with Gasteiger partial charge in [0.15, 0.2) is 0 Å². The van der Waals surface area contributed by atoms with Crippen molar-refractivity contribution in [2.45, 2.75) is 108 Å². The zero-order valence-electron chi connectivity index (χ0n) is 32.1. The molecule has 4 N–H and O–H groups in total. The first kappa shape index (κ1) is 41.1. The van der Waals surface area contributed by atoms with E-state index in [0.29, 0.717) is 5.56 Å². The third-order valence-corrected chi connectivity index (χ3v) is 12.5. The summed E-state index contributed by atoms with van der Waals surface area (Å²) in [6, 6.07) is 15.2. The molecule has 2 bridgehead atoms. The summed E-state index contributed by atoms with van der Waals surface area (Å²) in [4.78, 5) is 68.1. The van der Waals surface area contributed by atoms with Gasteiger partial charge in [-0.25, -0.2) is 0 Å². The van der Waals surface area contributed by atoms with Gasteiger partial charge in [-0.3, -0.25) is 0 Å². The van der Waals surface area contributed by atoms with E-state index in [1.807, 2.05) is 0 Å². The van der Waals surface area contributed by atoms with E-state index in [4.69, 9.17) is 31.0 Å². The van der Waals surface area contributed by atoms with E-state index in [0.717, 1.165) is 13.9 Å². The van der Waals surface area contributed by atoms with Gasteiger partial charge < -0.3 is 0 Å². The molecule has 4 aliphatic rings. The van der Waals surface area contributed by atoms with Gasteiger partial charge >= 0.3 is 290 Å². The Kier molecular flexibility index (Phi) is 11.1. The molecule has 1 amide bonds. The second-order valence-corrected chi connectivity index (χ2v) is 15.9. The molecule has 1 unspecified atom stereocenters. The molecule has 2 aromatic rings. The molecule has 16 heteroatoms. The monoisotopic (exact) mass is 770 g/mol. The predicted molar refractivity (Wildman–Crippen MR) is 198 cm³/mol. The topological polar surface area (TPSA) is 204 Å². The first-order valence-corrected chi connectivity index (χ1v) is 18.5. The van der Waals surface area contributed by atoms with E-state index in [9.17, 15) is 34.5 Å². The fraction of sp³-hybridized carbons (Fsp3) is 0.525. The first-order valence-electron chi connectivity index (χ1n) is 18.5. The van der Waals surface area contributed by atoms with Crippen LogP contribution in [0.15, 0.2) is 71.8 Å². The number of nitrogens with one attached hydrogen (secondary N) is 1. The second kappa shape index (κ2) is 15.1. The number of aliphatic hydroxyl groups excluding tert-OH is 2. The van der Waals surface area contributed by atoms with Gasteiger partial charge in [0.25, 0.3) is 0 Å². The molecular formula is C40H46B2NO13. The number of aliphatic hydroxyl groups is 3. The number of ketones is 1. The van der Waals surface area contributed by atoms with Gasteiger partial charge in [-0.2, -0.15) is 0 Å². The van der Waals surface area contributed by atoms with Crippen molar-refractivity contribution in [3.63, 3.8) is 0 Å². The van der Waals surface area contributed by atoms with E-state index < -0.39 is 107 Å². The van der Waals surface area contributed by atoms with Crippen LogP contribution in [0.2, 0.25) is 0 Å². The Morgan fingerprint density at radius 3 is 2.16 bits per heavy atom. The summed E-state index contributed by atoms with van der Waals surface area (Å²) >= 11 is 0. The van der Waals surface area contributed by atoms with Crippen LogP contribution in [0.1, 0.15) is 76.3 Å². The Labute approximate surface area is 326 Å². The number of rotatable bonds is 10. The Morgan fingerprint density at radius 1 is 0.982 bits per heavy atom. The van der Waals surface area contributed by atoms with Crippen LogP contribution in [0.25, 0.3) is 0 Å². The summed E-state index contributed by atoms with van der Waals surface area (Å²) in [5.41, 5.74) is -6.27. The Balaban J connectivity index is 1.48. The van der Waals surface area contributed by atoms with Gasteiger partial charge in [0.05, 0.1) is 0 Å². The van der Waals surface area contributed by atoms with Crippen molar-refractivity contribution in [3.8, 4) is 0 Å². The minimum absolute atomic E-state index is 0.0711. The summed E-state index contributed by atoms with van der Waals surface area (Å²) < 4.78 is 29.7. The van der Waals surface area contributed by atoms with Crippen LogP contribution in [0.4, 0.5) is 0 Å². The second-order valence-electron chi connectivity index (χ2n) is 15.9. The van der Waals surface area contributed by atoms with Crippen molar-refractivity contribution in [1.82, 2.24) is 5.32 Å². The molecule has 2 aromatic carbocycles. The number of fused-ring (bicyclic) bond motifs is 5. The van der Waals surface area contributed by atoms with Crippen LogP contribution in [0.3, 0.4) is 0 Å². The molecular weight excluding hydrogens is 724 g/mol. The predicted octanol–water partition coefficient (Wildman–Crippen LogP) is 1.60. The fourth-order valence-electron chi connectivity index (χ4n) is 9.54. The maximum absolute atomic E-state index is 15.2. The van der Waals surface area contributed by atoms with Gasteiger partial charge in [-0.1, -0.05) is 24.3 Å². The van der Waals surface area contributed by atoms with E-state index in [-0.39, 0.29) is 29.7 Å². The van der Waals surface area contributed by atoms with Gasteiger partial charge in [0.2, 0.25) is 0 Å². The number of esters is 3. The van der Waals surface area contributed by atoms with E-state index in [1.165, 1.54) is 13.8 Å². The zero-order chi connectivity index (χ0) is 41.0. The summed E-state index contributed by atoms with van der Waals surface area (Å²) in [7, 11) is 6.73. The molecule has 295 valence electrons. The molecule has 0 aromatic heterocycles. The Morgan fingerprint density at radius 2 is 1.61 bits per heavy atom. The Bertz CT molecular complexity index is 1940. The molecule has 3 fully saturated rings. The molecule has 0 spiro atoms. The van der Waals surface area contributed by atoms with Crippen LogP contribution in [-0.4, -0.2) is 114 Å². The fourth-order valence-corrected chi connectivity index (χ4v) is 9.54. The third-order valence-electron chi connectivity index (χ3n) is 12.5. The van der Waals surface area contributed by atoms with Crippen molar-refractivity contribution in [2.24, 2.45) is 16.7 Å². The van der Waals surface area contributed by atoms with E-state index >= 15 is 4.79 Å². The summed E-state index contributed by atoms with van der Waals surface area (Å²) in [6.07, 6.45) is -9.61. The molecule has 2 saturated carbocycles. The van der Waals surface area contributed by atoms with Crippen molar-refractivity contribution in [3.05, 3.63) is 82.9 Å². The Hall–Kier alpha value is -4.50. The first-order chi connectivity index (χ1) is 26.3. The van der Waals surface area contributed by atoms with Gasteiger partial charge in [-0.15, -0.1) is 0 Å². The average molecular weight is 770 g/mol. The van der Waals surface area contributed by atoms with Gasteiger partial charge in [0.1, 0.15) is 0 Å². The summed E-state index contributed by atoms with van der Waals surface area (Å²) in [5, 5.41) is 39.5. The summed E-state index contributed by atoms with van der Waals surface area (Å²) in [6.45, 7) is 8.27. The number of carbonyl (C=O) groups excluding carboxylic acids is 5. The van der Waals surface area contributed by atoms with Crippen molar-refractivity contribution < 1.29 is 62.9 Å². The number of ether oxygens (including phenoxy) is 4. The van der Waals surface area contributed by atoms with Crippen LogP contribution < -0.4 is 5.32 Å². The molecule has 1 aliphatic heterocycles. The molecule has 56 heavy (non-hydrogen) atoms. The SMILES string of the molecule is [B]=BO[C@H]1C2[C@](C)(C(=O)[C@H](OC(C)=O)C3=C(C)[C@@H](OC(=O)[C@H](O)[C@@H](NC(=O)c4ccccc4)c4ccccc4)C[C@]1(O)C3(C)C)[C@@H](O)C[C@H]1OC[C@@]21OC(C)=O. The molecule has 1 heterocycles. The van der Waals surface area contributed by atoms with E-state index in [1.54, 1.807) is 81.4 Å². The molecule has 1 radical (unpaired) electrons. The van der Waals surface area contributed by atoms with Gasteiger partial charge in [0, 0.05) is 0 Å². The quantitative estimate of drug-likeness (QED) is 0.118. The van der Waals surface area contributed by atoms with E-state index in [2.05, 4.69) is 5.32 Å². The number of amides is 1. The van der Waals surface area contributed by atoms with Gasteiger partial charge in [-0.05, 0) is 12.1 Å². The van der Waals surface area contributed by atoms with Crippen LogP contribution in [-0.2, 0) is 42.8 Å². The molecule has 14 nitrogen and oxygen atoms in total. The molecule has 1 saturated heterocycles. The minimum atomic E-state index is -2.19. The normalized spacial score (nSPS) is 34.0. The molecule has 11 atom stereocenters. The number of carbonyl (C=O) groups is 5. The molecule has 6 rings (SSSR count). The zero-order valence-corrected chi connectivity index (χ0v) is 32.1. The number of Topliss-reactive ketones (excluding diaryl/α,β-unsaturated/α-hetero) is 1. The van der Waals surface area contributed by atoms with Crippen LogP contribution in [0, 0.1) is 16.7 Å². The van der Waals surface area contributed by atoms with Crippen molar-refractivity contribution in [1.29, 1.82) is 0 Å². The standard InChI is InChI=1S/C40H46B2NO13/c1-20-25(54-36(50)30(47)29(23-13-9-7-10-14-23)43-35(49)24-15-11-8-12-16-24)18-40(51)34(56-42-41)32-38(6,26(46)17-27-39(32,19-52-27)55-22(3)45)33(48)31(53-21(2)44)28(20)37(40,4)5/h7-16,25-27,29-32,34,46-47,51H,17-19H2,1-6H3,(H,43,49)/t25-,26-,27+,29-,30+,31+,32?,34-,38+,39-,40+/m0/s1. The van der Waals surface area contributed by atoms with Crippen molar-refractivity contribution in [2.75, 3.05) is 6.61 Å². The average Bonchev–Trinajstić information content (AvgIpc) is 3.15.